The number of rotatable bonds is 5. The van der Waals surface area contributed by atoms with E-state index in [1.165, 1.54) is 31.6 Å². The van der Waals surface area contributed by atoms with E-state index in [2.05, 4.69) is 14.7 Å². The third-order valence-electron chi connectivity index (χ3n) is 3.54. The van der Waals surface area contributed by atoms with Crippen LogP contribution in [0.1, 0.15) is 0 Å². The molecule has 9 heteroatoms. The number of nitrogens with zero attached hydrogens (tertiary/aromatic N) is 3. The van der Waals surface area contributed by atoms with Crippen molar-refractivity contribution in [2.24, 2.45) is 0 Å². The zero-order valence-electron chi connectivity index (χ0n) is 13.2. The molecule has 24 heavy (non-hydrogen) atoms. The van der Waals surface area contributed by atoms with Gasteiger partial charge in [-0.3, -0.25) is 4.72 Å². The van der Waals surface area contributed by atoms with Crippen molar-refractivity contribution < 1.29 is 17.9 Å². The van der Waals surface area contributed by atoms with E-state index in [1.807, 2.05) is 4.90 Å². The van der Waals surface area contributed by atoms with Crippen molar-refractivity contribution >= 4 is 21.7 Å². The molecule has 0 aliphatic carbocycles. The molecule has 0 unspecified atom stereocenters. The standard InChI is InChI=1S/C15H18N4O4S/c1-22-13-3-2-4-14(9-13)24(20,21)18-12-10-16-15(17-11-12)19-5-7-23-8-6-19/h2-4,9-11,18H,5-8H2,1H3. The van der Waals surface area contributed by atoms with Crippen LogP contribution < -0.4 is 14.4 Å². The molecule has 0 saturated carbocycles. The fourth-order valence-electron chi connectivity index (χ4n) is 2.28. The van der Waals surface area contributed by atoms with Gasteiger partial charge in [0.15, 0.2) is 0 Å². The molecule has 1 fully saturated rings. The van der Waals surface area contributed by atoms with Crippen LogP contribution in [0, 0.1) is 0 Å². The van der Waals surface area contributed by atoms with E-state index in [0.717, 1.165) is 13.1 Å². The smallest absolute Gasteiger partial charge is 0.262 e. The van der Waals surface area contributed by atoms with E-state index in [-0.39, 0.29) is 4.90 Å². The summed E-state index contributed by atoms with van der Waals surface area (Å²) < 4.78 is 37.6. The second-order valence-corrected chi connectivity index (χ2v) is 6.84. The first kappa shape index (κ1) is 16.5. The van der Waals surface area contributed by atoms with Gasteiger partial charge in [-0.2, -0.15) is 0 Å². The Hall–Kier alpha value is -2.39. The predicted molar refractivity (Wildman–Crippen MR) is 88.9 cm³/mol. The Kier molecular flexibility index (Phi) is 4.81. The number of benzene rings is 1. The van der Waals surface area contributed by atoms with Gasteiger partial charge in [-0.15, -0.1) is 0 Å². The minimum atomic E-state index is -3.73. The van der Waals surface area contributed by atoms with Gasteiger partial charge in [0.1, 0.15) is 5.75 Å². The number of anilines is 2. The number of morpholine rings is 1. The first-order valence-electron chi connectivity index (χ1n) is 7.40. The van der Waals surface area contributed by atoms with Crippen molar-refractivity contribution in [3.05, 3.63) is 36.7 Å². The lowest BCUT2D eigenvalue weighted by molar-refractivity contribution is 0.122. The van der Waals surface area contributed by atoms with Gasteiger partial charge < -0.3 is 14.4 Å². The Labute approximate surface area is 140 Å². The number of aromatic nitrogens is 2. The highest BCUT2D eigenvalue weighted by Gasteiger charge is 2.17. The van der Waals surface area contributed by atoms with Crippen LogP contribution in [-0.2, 0) is 14.8 Å². The highest BCUT2D eigenvalue weighted by Crippen LogP contribution is 2.20. The number of sulfonamides is 1. The Bertz CT molecular complexity index is 789. The summed E-state index contributed by atoms with van der Waals surface area (Å²) in [5, 5.41) is 0. The predicted octanol–water partition coefficient (Wildman–Crippen LogP) is 1.12. The number of methoxy groups -OCH3 is 1. The van der Waals surface area contributed by atoms with Gasteiger partial charge in [-0.1, -0.05) is 6.07 Å². The summed E-state index contributed by atoms with van der Waals surface area (Å²) in [5.41, 5.74) is 0.301. The fraction of sp³-hybridized carbons (Fsp3) is 0.333. The highest BCUT2D eigenvalue weighted by molar-refractivity contribution is 7.92. The molecule has 1 aliphatic heterocycles. The summed E-state index contributed by atoms with van der Waals surface area (Å²) in [6.45, 7) is 2.70. The van der Waals surface area contributed by atoms with Crippen LogP contribution in [0.15, 0.2) is 41.6 Å². The highest BCUT2D eigenvalue weighted by atomic mass is 32.2. The van der Waals surface area contributed by atoms with Crippen LogP contribution in [0.3, 0.4) is 0 Å². The summed E-state index contributed by atoms with van der Waals surface area (Å²) in [4.78, 5) is 10.5. The average Bonchev–Trinajstić information content (AvgIpc) is 2.63. The molecular weight excluding hydrogens is 332 g/mol. The molecule has 1 saturated heterocycles. The van der Waals surface area contributed by atoms with Crippen LogP contribution in [0.5, 0.6) is 5.75 Å². The Morgan fingerprint density at radius 1 is 1.21 bits per heavy atom. The van der Waals surface area contributed by atoms with Crippen LogP contribution >= 0.6 is 0 Å². The van der Waals surface area contributed by atoms with Crippen molar-refractivity contribution in [2.45, 2.75) is 4.90 Å². The van der Waals surface area contributed by atoms with Gasteiger partial charge in [0.2, 0.25) is 5.95 Å². The maximum Gasteiger partial charge on any atom is 0.262 e. The number of hydrogen-bond donors (Lipinski definition) is 1. The molecule has 0 amide bonds. The first-order valence-corrected chi connectivity index (χ1v) is 8.88. The molecule has 0 bridgehead atoms. The quantitative estimate of drug-likeness (QED) is 0.863. The van der Waals surface area contributed by atoms with Crippen molar-refractivity contribution in [2.75, 3.05) is 43.0 Å². The molecular formula is C15H18N4O4S. The minimum absolute atomic E-state index is 0.110. The van der Waals surface area contributed by atoms with Crippen LogP contribution in [-0.4, -0.2) is 51.8 Å². The van der Waals surface area contributed by atoms with E-state index in [1.54, 1.807) is 12.1 Å². The molecule has 1 N–H and O–H groups in total. The summed E-state index contributed by atoms with van der Waals surface area (Å²) in [6.07, 6.45) is 2.91. The number of nitrogens with one attached hydrogen (secondary N) is 1. The molecule has 0 atom stereocenters. The lowest BCUT2D eigenvalue weighted by Crippen LogP contribution is -2.37. The van der Waals surface area contributed by atoms with Gasteiger partial charge >= 0.3 is 0 Å². The first-order chi connectivity index (χ1) is 11.6. The Balaban J connectivity index is 1.74. The summed E-state index contributed by atoms with van der Waals surface area (Å²) in [6, 6.07) is 6.24. The third kappa shape index (κ3) is 3.74. The normalized spacial score (nSPS) is 15.1. The average molecular weight is 350 g/mol. The second kappa shape index (κ2) is 7.02. The molecule has 128 valence electrons. The zero-order chi connectivity index (χ0) is 17.0. The molecule has 1 aromatic heterocycles. The largest absolute Gasteiger partial charge is 0.497 e. The zero-order valence-corrected chi connectivity index (χ0v) is 14.0. The number of hydrogen-bond acceptors (Lipinski definition) is 7. The van der Waals surface area contributed by atoms with Crippen LogP contribution in [0.25, 0.3) is 0 Å². The molecule has 0 radical (unpaired) electrons. The fourth-order valence-corrected chi connectivity index (χ4v) is 3.35. The van der Waals surface area contributed by atoms with Crippen molar-refractivity contribution in [1.82, 2.24) is 9.97 Å². The third-order valence-corrected chi connectivity index (χ3v) is 4.91. The van der Waals surface area contributed by atoms with Gasteiger partial charge in [0, 0.05) is 19.2 Å². The van der Waals surface area contributed by atoms with E-state index in [4.69, 9.17) is 9.47 Å². The van der Waals surface area contributed by atoms with Crippen molar-refractivity contribution in [3.63, 3.8) is 0 Å². The van der Waals surface area contributed by atoms with Gasteiger partial charge in [0.25, 0.3) is 10.0 Å². The van der Waals surface area contributed by atoms with Crippen molar-refractivity contribution in [1.29, 1.82) is 0 Å². The second-order valence-electron chi connectivity index (χ2n) is 5.16. The van der Waals surface area contributed by atoms with E-state index in [0.29, 0.717) is 30.6 Å². The Morgan fingerprint density at radius 2 is 1.92 bits per heavy atom. The summed E-state index contributed by atoms with van der Waals surface area (Å²) in [7, 11) is -2.24. The van der Waals surface area contributed by atoms with E-state index >= 15 is 0 Å². The van der Waals surface area contributed by atoms with Crippen LogP contribution in [0.4, 0.5) is 11.6 Å². The van der Waals surface area contributed by atoms with Gasteiger partial charge in [-0.25, -0.2) is 18.4 Å². The van der Waals surface area contributed by atoms with Crippen molar-refractivity contribution in [3.8, 4) is 5.75 Å². The maximum absolute atomic E-state index is 12.4. The topological polar surface area (TPSA) is 93.7 Å². The molecule has 1 aromatic carbocycles. The van der Waals surface area contributed by atoms with E-state index < -0.39 is 10.0 Å². The monoisotopic (exact) mass is 350 g/mol. The molecule has 1 aliphatic rings. The summed E-state index contributed by atoms with van der Waals surface area (Å²) >= 11 is 0. The molecule has 2 heterocycles. The maximum atomic E-state index is 12.4. The number of ether oxygens (including phenoxy) is 2. The Morgan fingerprint density at radius 3 is 2.58 bits per heavy atom. The SMILES string of the molecule is COc1cccc(S(=O)(=O)Nc2cnc(N3CCOCC3)nc2)c1. The summed E-state index contributed by atoms with van der Waals surface area (Å²) in [5.74, 6) is 1.03. The lowest BCUT2D eigenvalue weighted by atomic mass is 10.3. The minimum Gasteiger partial charge on any atom is -0.497 e. The lowest BCUT2D eigenvalue weighted by Gasteiger charge is -2.26. The molecule has 8 nitrogen and oxygen atoms in total. The van der Waals surface area contributed by atoms with Gasteiger partial charge in [-0.05, 0) is 12.1 Å². The van der Waals surface area contributed by atoms with Crippen LogP contribution in [0.2, 0.25) is 0 Å². The van der Waals surface area contributed by atoms with Gasteiger partial charge in [0.05, 0.1) is 43.3 Å². The molecule has 2 aromatic rings. The molecule has 0 spiro atoms. The molecule has 3 rings (SSSR count). The van der Waals surface area contributed by atoms with E-state index in [9.17, 15) is 8.42 Å².